The molecule has 0 atom stereocenters. The van der Waals surface area contributed by atoms with E-state index in [1.54, 1.807) is 17.0 Å². The highest BCUT2D eigenvalue weighted by atomic mass is 16.5. The van der Waals surface area contributed by atoms with Gasteiger partial charge in [-0.2, -0.15) is 0 Å². The molecule has 0 radical (unpaired) electrons. The Morgan fingerprint density at radius 3 is 2.14 bits per heavy atom. The van der Waals surface area contributed by atoms with Gasteiger partial charge in [0, 0.05) is 29.9 Å². The van der Waals surface area contributed by atoms with Crippen LogP contribution in [0.2, 0.25) is 0 Å². The topological polar surface area (TPSA) is 74.3 Å². The third kappa shape index (κ3) is 5.75. The van der Waals surface area contributed by atoms with E-state index in [2.05, 4.69) is 0 Å². The van der Waals surface area contributed by atoms with Crippen molar-refractivity contribution in [1.29, 1.82) is 0 Å². The molecule has 0 unspecified atom stereocenters. The number of carbonyl (C=O) groups is 2. The summed E-state index contributed by atoms with van der Waals surface area (Å²) in [6.45, 7) is 1.98. The van der Waals surface area contributed by atoms with Gasteiger partial charge in [-0.15, -0.1) is 0 Å². The van der Waals surface area contributed by atoms with Gasteiger partial charge in [0.05, 0.1) is 21.3 Å². The standard InChI is InChI=1S/C22H25NO6/c1-5-23(17-9-7-6-8-10-17)21(24)15-29-22(25)12-11-16-13-19(27-3)20(28-4)14-18(16)26-2/h6-14H,5,15H2,1-4H3/b12-11+. The van der Waals surface area contributed by atoms with E-state index >= 15 is 0 Å². The first-order chi connectivity index (χ1) is 14.0. The molecule has 0 N–H and O–H groups in total. The minimum atomic E-state index is -0.640. The van der Waals surface area contributed by atoms with E-state index in [0.717, 1.165) is 5.69 Å². The normalized spacial score (nSPS) is 10.5. The van der Waals surface area contributed by atoms with Crippen LogP contribution in [-0.4, -0.2) is 46.4 Å². The van der Waals surface area contributed by atoms with Crippen LogP contribution in [0, 0.1) is 0 Å². The lowest BCUT2D eigenvalue weighted by Crippen LogP contribution is -2.34. The van der Waals surface area contributed by atoms with Gasteiger partial charge in [-0.05, 0) is 31.2 Å². The summed E-state index contributed by atoms with van der Waals surface area (Å²) in [5.41, 5.74) is 1.36. The first-order valence-electron chi connectivity index (χ1n) is 9.04. The van der Waals surface area contributed by atoms with Gasteiger partial charge in [-0.1, -0.05) is 18.2 Å². The Bertz CT molecular complexity index is 863. The third-order valence-electron chi connectivity index (χ3n) is 4.16. The van der Waals surface area contributed by atoms with E-state index in [1.165, 1.54) is 33.5 Å². The zero-order valence-corrected chi connectivity index (χ0v) is 17.0. The van der Waals surface area contributed by atoms with E-state index < -0.39 is 5.97 Å². The summed E-state index contributed by atoms with van der Waals surface area (Å²) in [7, 11) is 4.55. The molecular formula is C22H25NO6. The van der Waals surface area contributed by atoms with Crippen LogP contribution in [0.4, 0.5) is 5.69 Å². The van der Waals surface area contributed by atoms with Crippen LogP contribution in [0.15, 0.2) is 48.5 Å². The number of hydrogen-bond donors (Lipinski definition) is 0. The number of anilines is 1. The number of carbonyl (C=O) groups excluding carboxylic acids is 2. The third-order valence-corrected chi connectivity index (χ3v) is 4.16. The average Bonchev–Trinajstić information content (AvgIpc) is 2.76. The number of nitrogens with zero attached hydrogens (tertiary/aromatic N) is 1. The molecule has 0 bridgehead atoms. The van der Waals surface area contributed by atoms with Crippen LogP contribution in [0.1, 0.15) is 12.5 Å². The maximum absolute atomic E-state index is 12.4. The number of methoxy groups -OCH3 is 3. The monoisotopic (exact) mass is 399 g/mol. The summed E-state index contributed by atoms with van der Waals surface area (Å²) in [5.74, 6) is 0.570. The van der Waals surface area contributed by atoms with E-state index in [1.807, 2.05) is 37.3 Å². The number of rotatable bonds is 9. The molecule has 1 amide bonds. The Balaban J connectivity index is 2.03. The van der Waals surface area contributed by atoms with E-state index in [4.69, 9.17) is 18.9 Å². The Hall–Kier alpha value is -3.48. The molecule has 0 aromatic heterocycles. The van der Waals surface area contributed by atoms with Crippen molar-refractivity contribution in [3.05, 3.63) is 54.1 Å². The van der Waals surface area contributed by atoms with Crippen LogP contribution in [0.3, 0.4) is 0 Å². The van der Waals surface area contributed by atoms with Gasteiger partial charge >= 0.3 is 5.97 Å². The van der Waals surface area contributed by atoms with Gasteiger partial charge in [0.2, 0.25) is 0 Å². The molecule has 0 spiro atoms. The average molecular weight is 399 g/mol. The zero-order valence-electron chi connectivity index (χ0n) is 17.0. The molecular weight excluding hydrogens is 374 g/mol. The number of esters is 1. The first-order valence-corrected chi connectivity index (χ1v) is 9.04. The van der Waals surface area contributed by atoms with Crippen LogP contribution in [-0.2, 0) is 14.3 Å². The number of benzene rings is 2. The second-order valence-electron chi connectivity index (χ2n) is 5.86. The molecule has 0 saturated carbocycles. The fourth-order valence-corrected chi connectivity index (χ4v) is 2.71. The van der Waals surface area contributed by atoms with E-state index in [0.29, 0.717) is 29.4 Å². The summed E-state index contributed by atoms with van der Waals surface area (Å²) in [6.07, 6.45) is 2.76. The van der Waals surface area contributed by atoms with Crippen molar-refractivity contribution in [3.8, 4) is 17.2 Å². The number of likely N-dealkylation sites (N-methyl/N-ethyl adjacent to an activating group) is 1. The van der Waals surface area contributed by atoms with Crippen molar-refractivity contribution in [2.75, 3.05) is 39.4 Å². The molecule has 0 aliphatic carbocycles. The van der Waals surface area contributed by atoms with Crippen molar-refractivity contribution in [1.82, 2.24) is 0 Å². The SMILES string of the molecule is CCN(C(=O)COC(=O)/C=C/c1cc(OC)c(OC)cc1OC)c1ccccc1. The molecule has 2 aromatic carbocycles. The number of amides is 1. The fourth-order valence-electron chi connectivity index (χ4n) is 2.71. The lowest BCUT2D eigenvalue weighted by atomic mass is 10.1. The second kappa shape index (κ2) is 10.8. The largest absolute Gasteiger partial charge is 0.496 e. The fraction of sp³-hybridized carbons (Fsp3) is 0.273. The second-order valence-corrected chi connectivity index (χ2v) is 5.86. The maximum Gasteiger partial charge on any atom is 0.331 e. The van der Waals surface area contributed by atoms with Crippen molar-refractivity contribution in [2.45, 2.75) is 6.92 Å². The highest BCUT2D eigenvalue weighted by Gasteiger charge is 2.15. The minimum Gasteiger partial charge on any atom is -0.496 e. The summed E-state index contributed by atoms with van der Waals surface area (Å²) in [5, 5.41) is 0. The van der Waals surface area contributed by atoms with Crippen molar-refractivity contribution in [3.63, 3.8) is 0 Å². The highest BCUT2D eigenvalue weighted by molar-refractivity contribution is 5.96. The smallest absolute Gasteiger partial charge is 0.331 e. The van der Waals surface area contributed by atoms with Crippen LogP contribution in [0.25, 0.3) is 6.08 Å². The lowest BCUT2D eigenvalue weighted by molar-refractivity contribution is -0.142. The summed E-state index contributed by atoms with van der Waals surface area (Å²) in [4.78, 5) is 26.0. The minimum absolute atomic E-state index is 0.302. The summed E-state index contributed by atoms with van der Waals surface area (Å²) >= 11 is 0. The quantitative estimate of drug-likeness (QED) is 0.476. The molecule has 2 aromatic rings. The Morgan fingerprint density at radius 1 is 0.931 bits per heavy atom. The predicted molar refractivity (Wildman–Crippen MR) is 111 cm³/mol. The molecule has 2 rings (SSSR count). The van der Waals surface area contributed by atoms with Gasteiger partial charge in [0.25, 0.3) is 5.91 Å². The van der Waals surface area contributed by atoms with Gasteiger partial charge < -0.3 is 23.8 Å². The van der Waals surface area contributed by atoms with Crippen LogP contribution >= 0.6 is 0 Å². The lowest BCUT2D eigenvalue weighted by Gasteiger charge is -2.20. The Kier molecular flexibility index (Phi) is 8.09. The van der Waals surface area contributed by atoms with Crippen LogP contribution in [0.5, 0.6) is 17.2 Å². The van der Waals surface area contributed by atoms with Gasteiger partial charge in [0.1, 0.15) is 5.75 Å². The van der Waals surface area contributed by atoms with E-state index in [-0.39, 0.29) is 12.5 Å². The van der Waals surface area contributed by atoms with Gasteiger partial charge in [-0.3, -0.25) is 4.79 Å². The Labute approximate surface area is 170 Å². The molecule has 0 saturated heterocycles. The number of hydrogen-bond acceptors (Lipinski definition) is 6. The number of para-hydroxylation sites is 1. The van der Waals surface area contributed by atoms with Gasteiger partial charge in [-0.25, -0.2) is 4.79 Å². The molecule has 29 heavy (non-hydrogen) atoms. The first kappa shape index (κ1) is 21.8. The molecule has 0 fully saturated rings. The van der Waals surface area contributed by atoms with Gasteiger partial charge in [0.15, 0.2) is 18.1 Å². The summed E-state index contributed by atoms with van der Waals surface area (Å²) < 4.78 is 20.9. The van der Waals surface area contributed by atoms with E-state index in [9.17, 15) is 9.59 Å². The van der Waals surface area contributed by atoms with Crippen molar-refractivity contribution < 1.29 is 28.5 Å². The maximum atomic E-state index is 12.4. The molecule has 0 aliphatic rings. The molecule has 154 valence electrons. The molecule has 7 heteroatoms. The van der Waals surface area contributed by atoms with Crippen LogP contribution < -0.4 is 19.1 Å². The van der Waals surface area contributed by atoms with Crippen molar-refractivity contribution in [2.24, 2.45) is 0 Å². The molecule has 0 heterocycles. The zero-order chi connectivity index (χ0) is 21.2. The molecule has 0 aliphatic heterocycles. The molecule has 7 nitrogen and oxygen atoms in total. The number of ether oxygens (including phenoxy) is 4. The highest BCUT2D eigenvalue weighted by Crippen LogP contribution is 2.35. The predicted octanol–water partition coefficient (Wildman–Crippen LogP) is 3.32. The van der Waals surface area contributed by atoms with Crippen molar-refractivity contribution >= 4 is 23.6 Å². The Morgan fingerprint density at radius 2 is 1.55 bits per heavy atom. The summed E-state index contributed by atoms with van der Waals surface area (Å²) in [6, 6.07) is 12.5.